The van der Waals surface area contributed by atoms with Gasteiger partial charge in [-0.05, 0) is 6.42 Å². The molecule has 0 aromatic heterocycles. The molecule has 0 aromatic carbocycles. The van der Waals surface area contributed by atoms with Crippen LogP contribution in [-0.2, 0) is 4.79 Å². The van der Waals surface area contributed by atoms with Crippen LogP contribution < -0.4 is 10.6 Å². The lowest BCUT2D eigenvalue weighted by Gasteiger charge is -2.35. The second kappa shape index (κ2) is 3.41. The zero-order chi connectivity index (χ0) is 8.39. The minimum Gasteiger partial charge on any atom is -0.341 e. The molecular weight excluding hydrogens is 154 g/mol. The molecule has 4 nitrogen and oxygen atoms in total. The Balaban J connectivity index is 1.84. The molecule has 0 bridgehead atoms. The van der Waals surface area contributed by atoms with Crippen LogP contribution in [0.4, 0.5) is 0 Å². The normalized spacial score (nSPS) is 29.7. The van der Waals surface area contributed by atoms with Crippen molar-refractivity contribution in [3.63, 3.8) is 0 Å². The summed E-state index contributed by atoms with van der Waals surface area (Å²) < 4.78 is 0. The molecule has 1 radical (unpaired) electrons. The van der Waals surface area contributed by atoms with Crippen molar-refractivity contribution in [3.8, 4) is 0 Å². The Hall–Kier alpha value is -0.610. The predicted octanol–water partition coefficient (Wildman–Crippen LogP) is -1.21. The molecule has 1 atom stereocenters. The Bertz CT molecular complexity index is 173. The fourth-order valence-corrected chi connectivity index (χ4v) is 1.52. The summed E-state index contributed by atoms with van der Waals surface area (Å²) in [5, 5.41) is 7.46. The van der Waals surface area contributed by atoms with E-state index >= 15 is 0 Å². The van der Waals surface area contributed by atoms with Crippen molar-refractivity contribution in [1.29, 1.82) is 0 Å². The molecule has 1 N–H and O–H groups in total. The first-order valence-electron chi connectivity index (χ1n) is 4.54. The summed E-state index contributed by atoms with van der Waals surface area (Å²) >= 11 is 0. The number of piperazine rings is 1. The van der Waals surface area contributed by atoms with Crippen molar-refractivity contribution >= 4 is 5.91 Å². The molecule has 2 rings (SSSR count). The van der Waals surface area contributed by atoms with Gasteiger partial charge in [-0.3, -0.25) is 4.79 Å². The highest BCUT2D eigenvalue weighted by Crippen LogP contribution is 2.08. The number of nitrogens with one attached hydrogen (secondary N) is 1. The average molecular weight is 168 g/mol. The molecule has 4 heteroatoms. The minimum absolute atomic E-state index is 0.0981. The molecule has 67 valence electrons. The zero-order valence-corrected chi connectivity index (χ0v) is 7.12. The van der Waals surface area contributed by atoms with Crippen LogP contribution in [0.25, 0.3) is 0 Å². The summed E-state index contributed by atoms with van der Waals surface area (Å²) in [5.74, 6) is 0.216. The summed E-state index contributed by atoms with van der Waals surface area (Å²) in [5.41, 5.74) is 0. The van der Waals surface area contributed by atoms with Crippen molar-refractivity contribution < 1.29 is 4.79 Å². The van der Waals surface area contributed by atoms with Gasteiger partial charge in [0.15, 0.2) is 0 Å². The minimum atomic E-state index is -0.0981. The largest absolute Gasteiger partial charge is 0.341 e. The first-order chi connectivity index (χ1) is 5.88. The van der Waals surface area contributed by atoms with Crippen LogP contribution in [0.1, 0.15) is 6.42 Å². The highest BCUT2D eigenvalue weighted by atomic mass is 16.2. The quantitative estimate of drug-likeness (QED) is 0.534. The molecule has 2 heterocycles. The van der Waals surface area contributed by atoms with E-state index in [1.165, 1.54) is 0 Å². The SMILES string of the molecule is O=C(C1CNCC[N]1)N1CCC1. The maximum Gasteiger partial charge on any atom is 0.242 e. The third-order valence-electron chi connectivity index (χ3n) is 2.43. The van der Waals surface area contributed by atoms with Gasteiger partial charge < -0.3 is 10.2 Å². The van der Waals surface area contributed by atoms with E-state index in [0.29, 0.717) is 0 Å². The van der Waals surface area contributed by atoms with Crippen molar-refractivity contribution in [3.05, 3.63) is 0 Å². The molecular formula is C8H14N3O. The van der Waals surface area contributed by atoms with Crippen LogP contribution in [0.3, 0.4) is 0 Å². The van der Waals surface area contributed by atoms with Gasteiger partial charge in [-0.1, -0.05) is 0 Å². The number of likely N-dealkylation sites (tertiary alicyclic amines) is 1. The van der Waals surface area contributed by atoms with Gasteiger partial charge in [0.05, 0.1) is 0 Å². The number of hydrogen-bond acceptors (Lipinski definition) is 2. The summed E-state index contributed by atoms with van der Waals surface area (Å²) in [7, 11) is 0. The van der Waals surface area contributed by atoms with Crippen LogP contribution in [0.5, 0.6) is 0 Å². The van der Waals surface area contributed by atoms with E-state index in [9.17, 15) is 4.79 Å². The second-order valence-corrected chi connectivity index (χ2v) is 3.30. The van der Waals surface area contributed by atoms with Gasteiger partial charge >= 0.3 is 0 Å². The molecule has 0 saturated carbocycles. The lowest BCUT2D eigenvalue weighted by molar-refractivity contribution is -0.137. The van der Waals surface area contributed by atoms with Crippen molar-refractivity contribution in [1.82, 2.24) is 15.5 Å². The fourth-order valence-electron chi connectivity index (χ4n) is 1.52. The number of hydrogen-bond donors (Lipinski definition) is 1. The Morgan fingerprint density at radius 1 is 1.50 bits per heavy atom. The third-order valence-corrected chi connectivity index (χ3v) is 2.43. The number of nitrogens with zero attached hydrogens (tertiary/aromatic N) is 2. The van der Waals surface area contributed by atoms with Crippen LogP contribution in [-0.4, -0.2) is 49.6 Å². The summed E-state index contributed by atoms with van der Waals surface area (Å²) in [4.78, 5) is 13.5. The number of amides is 1. The van der Waals surface area contributed by atoms with Crippen LogP contribution in [0.15, 0.2) is 0 Å². The van der Waals surface area contributed by atoms with Crippen molar-refractivity contribution in [2.45, 2.75) is 12.5 Å². The van der Waals surface area contributed by atoms with E-state index in [-0.39, 0.29) is 11.9 Å². The first-order valence-corrected chi connectivity index (χ1v) is 4.54. The summed E-state index contributed by atoms with van der Waals surface area (Å²) in [6.07, 6.45) is 1.16. The van der Waals surface area contributed by atoms with Gasteiger partial charge in [0.2, 0.25) is 5.91 Å². The van der Waals surface area contributed by atoms with Crippen molar-refractivity contribution in [2.24, 2.45) is 0 Å². The number of rotatable bonds is 1. The zero-order valence-electron chi connectivity index (χ0n) is 7.12. The molecule has 0 aromatic rings. The van der Waals surface area contributed by atoms with E-state index in [0.717, 1.165) is 39.1 Å². The number of carbonyl (C=O) groups is 1. The molecule has 2 aliphatic heterocycles. The maximum absolute atomic E-state index is 11.6. The lowest BCUT2D eigenvalue weighted by atomic mass is 10.1. The van der Waals surface area contributed by atoms with Gasteiger partial charge in [-0.25, -0.2) is 5.32 Å². The van der Waals surface area contributed by atoms with E-state index < -0.39 is 0 Å². The van der Waals surface area contributed by atoms with Crippen molar-refractivity contribution in [2.75, 3.05) is 32.7 Å². The Kier molecular flexibility index (Phi) is 2.28. The predicted molar refractivity (Wildman–Crippen MR) is 44.9 cm³/mol. The molecule has 12 heavy (non-hydrogen) atoms. The molecule has 1 amide bonds. The summed E-state index contributed by atoms with van der Waals surface area (Å²) in [6, 6.07) is -0.0981. The smallest absolute Gasteiger partial charge is 0.242 e. The molecule has 2 aliphatic rings. The molecule has 2 saturated heterocycles. The monoisotopic (exact) mass is 168 g/mol. The maximum atomic E-state index is 11.6. The van der Waals surface area contributed by atoms with Crippen LogP contribution in [0.2, 0.25) is 0 Å². The Morgan fingerprint density at radius 2 is 2.33 bits per heavy atom. The Morgan fingerprint density at radius 3 is 2.83 bits per heavy atom. The van der Waals surface area contributed by atoms with Crippen LogP contribution >= 0.6 is 0 Å². The van der Waals surface area contributed by atoms with E-state index in [1.807, 2.05) is 4.90 Å². The van der Waals surface area contributed by atoms with Gasteiger partial charge in [0.1, 0.15) is 6.04 Å². The van der Waals surface area contributed by atoms with E-state index in [1.54, 1.807) is 0 Å². The highest BCUT2D eigenvalue weighted by molar-refractivity contribution is 5.82. The molecule has 1 unspecified atom stereocenters. The highest BCUT2D eigenvalue weighted by Gasteiger charge is 2.29. The first kappa shape index (κ1) is 8.01. The van der Waals surface area contributed by atoms with Gasteiger partial charge in [0.25, 0.3) is 0 Å². The summed E-state index contributed by atoms with van der Waals surface area (Å²) in [6.45, 7) is 4.30. The number of carbonyl (C=O) groups excluding carboxylic acids is 1. The fraction of sp³-hybridized carbons (Fsp3) is 0.875. The standard InChI is InChI=1S/C8H14N3O/c12-8(11-4-1-5-11)7-6-9-2-3-10-7/h7,9H,1-6H2. The van der Waals surface area contributed by atoms with E-state index in [4.69, 9.17) is 0 Å². The molecule has 0 spiro atoms. The molecule has 2 fully saturated rings. The topological polar surface area (TPSA) is 46.4 Å². The van der Waals surface area contributed by atoms with Gasteiger partial charge in [-0.2, -0.15) is 0 Å². The van der Waals surface area contributed by atoms with Gasteiger partial charge in [-0.15, -0.1) is 0 Å². The third kappa shape index (κ3) is 1.44. The Labute approximate surface area is 72.3 Å². The lowest BCUT2D eigenvalue weighted by Crippen LogP contribution is -2.56. The second-order valence-electron chi connectivity index (χ2n) is 3.30. The van der Waals surface area contributed by atoms with Gasteiger partial charge in [0, 0.05) is 32.7 Å². The molecule has 0 aliphatic carbocycles. The average Bonchev–Trinajstić information content (AvgIpc) is 2.03. The van der Waals surface area contributed by atoms with Crippen LogP contribution in [0, 0.1) is 0 Å². The van der Waals surface area contributed by atoms with E-state index in [2.05, 4.69) is 10.6 Å².